The molecule has 0 aromatic heterocycles. The molecule has 3 N–H and O–H groups in total. The smallest absolute Gasteiger partial charge is 0.0337 e. The van der Waals surface area contributed by atoms with Crippen LogP contribution in [0, 0.1) is 5.92 Å². The van der Waals surface area contributed by atoms with Crippen molar-refractivity contribution < 1.29 is 0 Å². The van der Waals surface area contributed by atoms with Gasteiger partial charge in [0.1, 0.15) is 0 Å². The van der Waals surface area contributed by atoms with Crippen LogP contribution in [0.4, 0.5) is 0 Å². The molecule has 0 spiro atoms. The summed E-state index contributed by atoms with van der Waals surface area (Å²) in [6.07, 6.45) is 3.85. The van der Waals surface area contributed by atoms with Crippen LogP contribution in [-0.4, -0.2) is 28.6 Å². The molecule has 2 nitrogen and oxygen atoms in total. The van der Waals surface area contributed by atoms with Crippen molar-refractivity contribution in [3.63, 3.8) is 0 Å². The first-order valence-electron chi connectivity index (χ1n) is 5.89. The van der Waals surface area contributed by atoms with Gasteiger partial charge in [-0.1, -0.05) is 26.7 Å². The maximum absolute atomic E-state index is 5.65. The summed E-state index contributed by atoms with van der Waals surface area (Å²) in [5.74, 6) is 10.3. The molecular weight excluding hydrogens is 224 g/mol. The van der Waals surface area contributed by atoms with Crippen molar-refractivity contribution in [1.82, 2.24) is 5.43 Å². The van der Waals surface area contributed by atoms with E-state index in [1.807, 2.05) is 0 Å². The first-order chi connectivity index (χ1) is 7.24. The molecule has 0 saturated carbocycles. The van der Waals surface area contributed by atoms with E-state index in [0.717, 1.165) is 11.2 Å². The molecule has 2 unspecified atom stereocenters. The summed E-state index contributed by atoms with van der Waals surface area (Å²) in [5.41, 5.74) is 3.01. The Hall–Kier alpha value is 0.620. The van der Waals surface area contributed by atoms with Crippen LogP contribution in [0.25, 0.3) is 0 Å². The molecule has 0 bridgehead atoms. The number of rotatable bonds is 6. The van der Waals surface area contributed by atoms with Gasteiger partial charge < -0.3 is 0 Å². The third-order valence-electron chi connectivity index (χ3n) is 2.80. The van der Waals surface area contributed by atoms with Crippen LogP contribution in [0.15, 0.2) is 0 Å². The molecule has 0 aromatic carbocycles. The van der Waals surface area contributed by atoms with Gasteiger partial charge in [-0.15, -0.1) is 0 Å². The molecule has 0 radical (unpaired) electrons. The lowest BCUT2D eigenvalue weighted by Crippen LogP contribution is -2.44. The molecule has 1 aliphatic rings. The van der Waals surface area contributed by atoms with Gasteiger partial charge >= 0.3 is 0 Å². The van der Waals surface area contributed by atoms with Gasteiger partial charge in [0.05, 0.1) is 0 Å². The van der Waals surface area contributed by atoms with Gasteiger partial charge in [-0.25, -0.2) is 0 Å². The largest absolute Gasteiger partial charge is 0.271 e. The predicted octanol–water partition coefficient (Wildman–Crippen LogP) is 2.49. The standard InChI is InChI=1S/C11H24N2S2/c1-9(2)4-3-5-10(13-12)11-8-14-6-7-15-11/h9-11,13H,3-8,12H2,1-2H3. The zero-order valence-corrected chi connectivity index (χ0v) is 11.5. The molecule has 90 valence electrons. The Bertz CT molecular complexity index is 159. The summed E-state index contributed by atoms with van der Waals surface area (Å²) in [7, 11) is 0. The van der Waals surface area contributed by atoms with Crippen LogP contribution in [0.1, 0.15) is 33.1 Å². The zero-order valence-electron chi connectivity index (χ0n) is 9.87. The fraction of sp³-hybridized carbons (Fsp3) is 1.00. The van der Waals surface area contributed by atoms with Crippen LogP contribution >= 0.6 is 23.5 Å². The number of hydrazine groups is 1. The zero-order chi connectivity index (χ0) is 11.1. The average molecular weight is 248 g/mol. The van der Waals surface area contributed by atoms with Crippen molar-refractivity contribution in [3.05, 3.63) is 0 Å². The minimum atomic E-state index is 0.515. The number of hydrogen-bond acceptors (Lipinski definition) is 4. The Kier molecular flexibility index (Phi) is 7.14. The highest BCUT2D eigenvalue weighted by Gasteiger charge is 2.23. The van der Waals surface area contributed by atoms with E-state index in [2.05, 4.69) is 42.8 Å². The van der Waals surface area contributed by atoms with Crippen molar-refractivity contribution in [2.24, 2.45) is 11.8 Å². The molecule has 1 aliphatic heterocycles. The van der Waals surface area contributed by atoms with E-state index in [-0.39, 0.29) is 0 Å². The van der Waals surface area contributed by atoms with Crippen molar-refractivity contribution in [3.8, 4) is 0 Å². The first kappa shape index (κ1) is 13.7. The second-order valence-corrected chi connectivity index (χ2v) is 7.08. The van der Waals surface area contributed by atoms with Crippen molar-refractivity contribution in [2.75, 3.05) is 17.3 Å². The van der Waals surface area contributed by atoms with E-state index in [0.29, 0.717) is 6.04 Å². The lowest BCUT2D eigenvalue weighted by atomic mass is 10.0. The molecule has 1 heterocycles. The molecular formula is C11H24N2S2. The Balaban J connectivity index is 2.21. The Morgan fingerprint density at radius 1 is 1.33 bits per heavy atom. The Morgan fingerprint density at radius 3 is 2.67 bits per heavy atom. The molecule has 0 amide bonds. The van der Waals surface area contributed by atoms with Crippen molar-refractivity contribution in [2.45, 2.75) is 44.4 Å². The highest BCUT2D eigenvalue weighted by atomic mass is 32.2. The van der Waals surface area contributed by atoms with Crippen LogP contribution in [0.3, 0.4) is 0 Å². The van der Waals surface area contributed by atoms with E-state index in [1.165, 1.54) is 36.5 Å². The summed E-state index contributed by atoms with van der Waals surface area (Å²) in [4.78, 5) is 0. The monoisotopic (exact) mass is 248 g/mol. The van der Waals surface area contributed by atoms with E-state index in [4.69, 9.17) is 5.84 Å². The summed E-state index contributed by atoms with van der Waals surface area (Å²) in [6, 6.07) is 0.515. The normalized spacial score (nSPS) is 24.4. The first-order valence-corrected chi connectivity index (χ1v) is 8.10. The van der Waals surface area contributed by atoms with E-state index >= 15 is 0 Å². The Labute approximate surface area is 102 Å². The van der Waals surface area contributed by atoms with Crippen LogP contribution in [0.5, 0.6) is 0 Å². The van der Waals surface area contributed by atoms with E-state index < -0.39 is 0 Å². The minimum Gasteiger partial charge on any atom is -0.271 e. The number of hydrogen-bond donors (Lipinski definition) is 2. The maximum Gasteiger partial charge on any atom is 0.0337 e. The quantitative estimate of drug-likeness (QED) is 0.559. The van der Waals surface area contributed by atoms with Crippen LogP contribution in [0.2, 0.25) is 0 Å². The lowest BCUT2D eigenvalue weighted by molar-refractivity contribution is 0.442. The predicted molar refractivity (Wildman–Crippen MR) is 73.4 cm³/mol. The highest BCUT2D eigenvalue weighted by Crippen LogP contribution is 2.28. The third kappa shape index (κ3) is 5.48. The van der Waals surface area contributed by atoms with Crippen LogP contribution < -0.4 is 11.3 Å². The van der Waals surface area contributed by atoms with E-state index in [9.17, 15) is 0 Å². The van der Waals surface area contributed by atoms with Gasteiger partial charge in [-0.3, -0.25) is 11.3 Å². The van der Waals surface area contributed by atoms with Crippen molar-refractivity contribution >= 4 is 23.5 Å². The third-order valence-corrected chi connectivity index (χ3v) is 5.72. The number of nitrogens with one attached hydrogen (secondary N) is 1. The lowest BCUT2D eigenvalue weighted by Gasteiger charge is -2.29. The molecule has 4 heteroatoms. The topological polar surface area (TPSA) is 38.0 Å². The van der Waals surface area contributed by atoms with Crippen LogP contribution in [-0.2, 0) is 0 Å². The van der Waals surface area contributed by atoms with Gasteiger partial charge in [0.2, 0.25) is 0 Å². The fourth-order valence-electron chi connectivity index (χ4n) is 1.86. The van der Waals surface area contributed by atoms with E-state index in [1.54, 1.807) is 0 Å². The summed E-state index contributed by atoms with van der Waals surface area (Å²) in [5, 5.41) is 0.723. The second-order valence-electron chi connectivity index (χ2n) is 4.58. The summed E-state index contributed by atoms with van der Waals surface area (Å²) < 4.78 is 0. The molecule has 1 saturated heterocycles. The molecule has 0 aromatic rings. The van der Waals surface area contributed by atoms with Gasteiger partial charge in [0.15, 0.2) is 0 Å². The SMILES string of the molecule is CC(C)CCCC(NN)C1CSCCS1. The number of nitrogens with two attached hydrogens (primary N) is 1. The summed E-state index contributed by atoms with van der Waals surface area (Å²) in [6.45, 7) is 4.58. The molecule has 2 atom stereocenters. The van der Waals surface area contributed by atoms with Gasteiger partial charge in [0.25, 0.3) is 0 Å². The minimum absolute atomic E-state index is 0.515. The average Bonchev–Trinajstić information content (AvgIpc) is 2.25. The summed E-state index contributed by atoms with van der Waals surface area (Å²) >= 11 is 4.16. The number of thioether (sulfide) groups is 2. The Morgan fingerprint density at radius 2 is 2.13 bits per heavy atom. The highest BCUT2D eigenvalue weighted by molar-refractivity contribution is 8.06. The second kappa shape index (κ2) is 7.82. The van der Waals surface area contributed by atoms with Gasteiger partial charge in [-0.05, 0) is 12.3 Å². The molecule has 1 fully saturated rings. The molecule has 15 heavy (non-hydrogen) atoms. The maximum atomic E-state index is 5.65. The van der Waals surface area contributed by atoms with Crippen molar-refractivity contribution in [1.29, 1.82) is 0 Å². The molecule has 0 aliphatic carbocycles. The molecule has 1 rings (SSSR count). The van der Waals surface area contributed by atoms with Gasteiger partial charge in [-0.2, -0.15) is 23.5 Å². The van der Waals surface area contributed by atoms with Gasteiger partial charge in [0, 0.05) is 28.6 Å². The fourth-order valence-corrected chi connectivity index (χ4v) is 4.77.